The number of esters is 1. The molecule has 0 aliphatic carbocycles. The van der Waals surface area contributed by atoms with E-state index < -0.39 is 0 Å². The molecule has 2 nitrogen and oxygen atoms in total. The first-order valence-corrected chi connectivity index (χ1v) is 7.90. The minimum atomic E-state index is -0.331. The average Bonchev–Trinajstić information content (AvgIpc) is 2.58. The van der Waals surface area contributed by atoms with Crippen molar-refractivity contribution in [2.75, 3.05) is 0 Å². The second-order valence-corrected chi connectivity index (χ2v) is 5.36. The van der Waals surface area contributed by atoms with Gasteiger partial charge in [0.1, 0.15) is 0 Å². The van der Waals surface area contributed by atoms with Crippen LogP contribution >= 0.6 is 0 Å². The molecule has 0 N–H and O–H groups in total. The van der Waals surface area contributed by atoms with Gasteiger partial charge in [0.05, 0.1) is 0 Å². The third kappa shape index (κ3) is 5.03. The van der Waals surface area contributed by atoms with Gasteiger partial charge in [0.2, 0.25) is 0 Å². The molecule has 2 aromatic carbocycles. The van der Waals surface area contributed by atoms with Gasteiger partial charge in [0.25, 0.3) is 0 Å². The molecule has 2 aromatic rings. The number of carbonyl (C=O) groups excluding carboxylic acids is 1. The highest BCUT2D eigenvalue weighted by atomic mass is 16.5. The summed E-state index contributed by atoms with van der Waals surface area (Å²) in [5.41, 5.74) is 2.00. The van der Waals surface area contributed by atoms with Gasteiger partial charge >= 0.3 is 5.97 Å². The van der Waals surface area contributed by atoms with Crippen molar-refractivity contribution < 1.29 is 9.53 Å². The van der Waals surface area contributed by atoms with Crippen molar-refractivity contribution in [2.24, 2.45) is 0 Å². The normalized spacial score (nSPS) is 10.6. The summed E-state index contributed by atoms with van der Waals surface area (Å²) >= 11 is 0. The van der Waals surface area contributed by atoms with Gasteiger partial charge in [-0.15, -0.1) is 0 Å². The Labute approximate surface area is 133 Å². The molecule has 2 rings (SSSR count). The van der Waals surface area contributed by atoms with Gasteiger partial charge in [-0.3, -0.25) is 4.79 Å². The van der Waals surface area contributed by atoms with Gasteiger partial charge in [0, 0.05) is 6.42 Å². The Balaban J connectivity index is 2.04. The summed E-state index contributed by atoms with van der Waals surface area (Å²) < 4.78 is 5.75. The minimum absolute atomic E-state index is 0.137. The summed E-state index contributed by atoms with van der Waals surface area (Å²) in [5.74, 6) is -0.137. The standard InChI is InChI=1S/C20H23O2/c1-2-3-4-11-16-19(21)22-20(17-12-7-5-8-13-17)18-14-9-6-10-15-18/h5-10,12-15,20H,1-4,11,16H2. The second kappa shape index (κ2) is 9.04. The van der Waals surface area contributed by atoms with Crippen LogP contribution in [0.2, 0.25) is 0 Å². The lowest BCUT2D eigenvalue weighted by Crippen LogP contribution is -2.12. The van der Waals surface area contributed by atoms with Crippen LogP contribution in [-0.4, -0.2) is 5.97 Å². The van der Waals surface area contributed by atoms with E-state index in [0.29, 0.717) is 6.42 Å². The Morgan fingerprint density at radius 2 is 1.41 bits per heavy atom. The fourth-order valence-electron chi connectivity index (χ4n) is 2.40. The van der Waals surface area contributed by atoms with Gasteiger partial charge in [-0.2, -0.15) is 0 Å². The lowest BCUT2D eigenvalue weighted by molar-refractivity contribution is -0.147. The van der Waals surface area contributed by atoms with Crippen molar-refractivity contribution in [1.82, 2.24) is 0 Å². The van der Waals surface area contributed by atoms with Gasteiger partial charge in [-0.1, -0.05) is 86.8 Å². The van der Waals surface area contributed by atoms with E-state index in [9.17, 15) is 4.79 Å². The quantitative estimate of drug-likeness (QED) is 0.500. The van der Waals surface area contributed by atoms with Gasteiger partial charge in [-0.05, 0) is 17.5 Å². The third-order valence-corrected chi connectivity index (χ3v) is 3.58. The zero-order valence-corrected chi connectivity index (χ0v) is 12.9. The van der Waals surface area contributed by atoms with Crippen LogP contribution in [0, 0.1) is 6.92 Å². The van der Waals surface area contributed by atoms with Crippen molar-refractivity contribution in [3.8, 4) is 0 Å². The molecule has 0 unspecified atom stereocenters. The fraction of sp³-hybridized carbons (Fsp3) is 0.300. The maximum Gasteiger partial charge on any atom is 0.306 e. The van der Waals surface area contributed by atoms with Crippen molar-refractivity contribution in [2.45, 2.75) is 38.2 Å². The number of carbonyl (C=O) groups is 1. The third-order valence-electron chi connectivity index (χ3n) is 3.58. The van der Waals surface area contributed by atoms with Crippen molar-refractivity contribution in [3.63, 3.8) is 0 Å². The van der Waals surface area contributed by atoms with E-state index in [1.807, 2.05) is 60.7 Å². The van der Waals surface area contributed by atoms with Crippen LogP contribution in [0.5, 0.6) is 0 Å². The van der Waals surface area contributed by atoms with E-state index in [1.165, 1.54) is 0 Å². The molecule has 0 aromatic heterocycles. The smallest absolute Gasteiger partial charge is 0.306 e. The summed E-state index contributed by atoms with van der Waals surface area (Å²) in [6.45, 7) is 3.81. The molecule has 0 amide bonds. The summed E-state index contributed by atoms with van der Waals surface area (Å²) in [4.78, 5) is 12.1. The van der Waals surface area contributed by atoms with Crippen LogP contribution in [0.15, 0.2) is 60.7 Å². The second-order valence-electron chi connectivity index (χ2n) is 5.36. The Bertz CT molecular complexity index is 509. The Kier molecular flexibility index (Phi) is 6.69. The summed E-state index contributed by atoms with van der Waals surface area (Å²) in [6, 6.07) is 19.8. The molecular weight excluding hydrogens is 272 g/mol. The van der Waals surface area contributed by atoms with Crippen LogP contribution in [0.3, 0.4) is 0 Å². The van der Waals surface area contributed by atoms with Crippen LogP contribution < -0.4 is 0 Å². The van der Waals surface area contributed by atoms with Crippen LogP contribution in [0.25, 0.3) is 0 Å². The monoisotopic (exact) mass is 295 g/mol. The molecule has 0 aliphatic heterocycles. The number of rotatable bonds is 8. The zero-order chi connectivity index (χ0) is 15.6. The van der Waals surface area contributed by atoms with E-state index in [1.54, 1.807) is 0 Å². The summed E-state index contributed by atoms with van der Waals surface area (Å²) in [5, 5.41) is 0. The van der Waals surface area contributed by atoms with Crippen molar-refractivity contribution >= 4 is 5.97 Å². The molecule has 2 heteroatoms. The Hall–Kier alpha value is -2.09. The predicted octanol–water partition coefficient (Wildman–Crippen LogP) is 5.10. The molecule has 115 valence electrons. The van der Waals surface area contributed by atoms with Gasteiger partial charge in [-0.25, -0.2) is 0 Å². The van der Waals surface area contributed by atoms with Gasteiger partial charge in [0.15, 0.2) is 6.10 Å². The molecule has 0 atom stereocenters. The van der Waals surface area contributed by atoms with Crippen LogP contribution in [-0.2, 0) is 9.53 Å². The summed E-state index contributed by atoms with van der Waals surface area (Å²) in [6.07, 6.45) is 4.02. The maximum absolute atomic E-state index is 12.1. The van der Waals surface area contributed by atoms with Crippen LogP contribution in [0.4, 0.5) is 0 Å². The molecule has 0 bridgehead atoms. The molecule has 0 saturated heterocycles. The highest BCUT2D eigenvalue weighted by molar-refractivity contribution is 5.70. The molecule has 0 saturated carbocycles. The molecular formula is C20H23O2. The van der Waals surface area contributed by atoms with E-state index in [2.05, 4.69) is 6.92 Å². The number of hydrogen-bond acceptors (Lipinski definition) is 2. The summed E-state index contributed by atoms with van der Waals surface area (Å²) in [7, 11) is 0. The minimum Gasteiger partial charge on any atom is -0.453 e. The molecule has 0 spiro atoms. The first-order valence-electron chi connectivity index (χ1n) is 7.90. The Morgan fingerprint density at radius 1 is 0.864 bits per heavy atom. The topological polar surface area (TPSA) is 26.3 Å². The van der Waals surface area contributed by atoms with Crippen molar-refractivity contribution in [3.05, 3.63) is 78.7 Å². The van der Waals surface area contributed by atoms with Crippen molar-refractivity contribution in [1.29, 1.82) is 0 Å². The van der Waals surface area contributed by atoms with E-state index >= 15 is 0 Å². The molecule has 1 radical (unpaired) electrons. The number of unbranched alkanes of at least 4 members (excludes halogenated alkanes) is 3. The van der Waals surface area contributed by atoms with Gasteiger partial charge < -0.3 is 4.74 Å². The SMILES string of the molecule is [CH2]CCCCCC(=O)OC(c1ccccc1)c1ccccc1. The first kappa shape index (κ1) is 16.3. The largest absolute Gasteiger partial charge is 0.453 e. The van der Waals surface area contributed by atoms with Crippen LogP contribution in [0.1, 0.15) is 49.3 Å². The highest BCUT2D eigenvalue weighted by Gasteiger charge is 2.18. The van der Waals surface area contributed by atoms with E-state index in [-0.39, 0.29) is 12.1 Å². The fourth-order valence-corrected chi connectivity index (χ4v) is 2.40. The maximum atomic E-state index is 12.1. The van der Waals surface area contributed by atoms with E-state index in [4.69, 9.17) is 4.74 Å². The molecule has 0 aliphatic rings. The lowest BCUT2D eigenvalue weighted by Gasteiger charge is -2.19. The van der Waals surface area contributed by atoms with E-state index in [0.717, 1.165) is 36.8 Å². The zero-order valence-electron chi connectivity index (χ0n) is 12.9. The number of hydrogen-bond donors (Lipinski definition) is 0. The number of benzene rings is 2. The first-order chi connectivity index (χ1) is 10.8. The molecule has 22 heavy (non-hydrogen) atoms. The average molecular weight is 295 g/mol. The molecule has 0 heterocycles. The number of ether oxygens (including phenoxy) is 1. The Morgan fingerprint density at radius 3 is 1.91 bits per heavy atom. The molecule has 0 fully saturated rings. The predicted molar refractivity (Wildman–Crippen MR) is 89.3 cm³/mol. The highest BCUT2D eigenvalue weighted by Crippen LogP contribution is 2.26. The lowest BCUT2D eigenvalue weighted by atomic mass is 10.0.